The molecule has 0 unspecified atom stereocenters. The Morgan fingerprint density at radius 3 is 2.02 bits per heavy atom. The Morgan fingerprint density at radius 2 is 1.24 bits per heavy atom. The number of hydrogen-bond acceptors (Lipinski definition) is 3. The number of fused-ring (bicyclic) bond motifs is 6. The topological polar surface area (TPSA) is 29.3 Å². The zero-order valence-electron chi connectivity index (χ0n) is 23.0. The SMILES string of the molecule is CC1(C)c2cc3oc4ccccc4c3cc2-c2c1ccnc2N(c1ccccc1)c1ccc(-c2ccccc2)cc1. The molecule has 3 heteroatoms. The fourth-order valence-electron chi connectivity index (χ4n) is 6.45. The smallest absolute Gasteiger partial charge is 0.145 e. The van der Waals surface area contributed by atoms with E-state index in [2.05, 4.69) is 134 Å². The molecule has 2 heterocycles. The first kappa shape index (κ1) is 23.7. The summed E-state index contributed by atoms with van der Waals surface area (Å²) < 4.78 is 6.31. The molecule has 196 valence electrons. The maximum Gasteiger partial charge on any atom is 0.145 e. The van der Waals surface area contributed by atoms with Crippen LogP contribution in [0, 0.1) is 0 Å². The molecule has 0 radical (unpaired) electrons. The van der Waals surface area contributed by atoms with Gasteiger partial charge in [0.25, 0.3) is 0 Å². The van der Waals surface area contributed by atoms with Crippen LogP contribution in [0.5, 0.6) is 0 Å². The van der Waals surface area contributed by atoms with Gasteiger partial charge in [0.05, 0.1) is 0 Å². The number of nitrogens with zero attached hydrogens (tertiary/aromatic N) is 2. The first-order chi connectivity index (χ1) is 20.1. The molecule has 3 nitrogen and oxygen atoms in total. The molecule has 1 aliphatic carbocycles. The van der Waals surface area contributed by atoms with E-state index >= 15 is 0 Å². The van der Waals surface area contributed by atoms with Crippen LogP contribution < -0.4 is 4.90 Å². The van der Waals surface area contributed by atoms with Crippen LogP contribution in [0.2, 0.25) is 0 Å². The number of aromatic nitrogens is 1. The van der Waals surface area contributed by atoms with Crippen molar-refractivity contribution in [3.63, 3.8) is 0 Å². The van der Waals surface area contributed by atoms with E-state index in [-0.39, 0.29) is 5.41 Å². The average molecular weight is 529 g/mol. The zero-order chi connectivity index (χ0) is 27.6. The third-order valence-electron chi connectivity index (χ3n) is 8.52. The van der Waals surface area contributed by atoms with Crippen molar-refractivity contribution in [1.82, 2.24) is 4.98 Å². The Kier molecular flexibility index (Phi) is 5.17. The summed E-state index contributed by atoms with van der Waals surface area (Å²) in [4.78, 5) is 7.37. The highest BCUT2D eigenvalue weighted by Gasteiger charge is 2.39. The minimum absolute atomic E-state index is 0.199. The summed E-state index contributed by atoms with van der Waals surface area (Å²) in [7, 11) is 0. The fraction of sp³-hybridized carbons (Fsp3) is 0.0789. The first-order valence-corrected chi connectivity index (χ1v) is 14.1. The molecule has 2 aromatic heterocycles. The van der Waals surface area contributed by atoms with Crippen molar-refractivity contribution in [3.8, 4) is 22.3 Å². The van der Waals surface area contributed by atoms with Crippen LogP contribution in [0.25, 0.3) is 44.2 Å². The Morgan fingerprint density at radius 1 is 0.585 bits per heavy atom. The van der Waals surface area contributed by atoms with E-state index in [1.54, 1.807) is 0 Å². The van der Waals surface area contributed by atoms with Gasteiger partial charge in [0.1, 0.15) is 17.0 Å². The Bertz CT molecular complexity index is 2060. The van der Waals surface area contributed by atoms with Crippen molar-refractivity contribution in [2.45, 2.75) is 19.3 Å². The standard InChI is InChI=1S/C38H28N2O/c1-38(2)32-21-22-39-37(36(32)31-23-30-29-15-9-10-16-34(29)41-35(30)24-33(31)38)40(27-13-7-4-8-14-27)28-19-17-26(18-20-28)25-11-5-3-6-12-25/h3-24H,1-2H3. The summed E-state index contributed by atoms with van der Waals surface area (Å²) in [6, 6.07) is 44.9. The molecular formula is C38H28N2O. The van der Waals surface area contributed by atoms with Crippen LogP contribution in [-0.2, 0) is 5.41 Å². The molecular weight excluding hydrogens is 500 g/mol. The van der Waals surface area contributed by atoms with Crippen molar-refractivity contribution < 1.29 is 4.42 Å². The molecule has 0 saturated heterocycles. The average Bonchev–Trinajstić information content (AvgIpc) is 3.50. The van der Waals surface area contributed by atoms with Gasteiger partial charge >= 0.3 is 0 Å². The lowest BCUT2D eigenvalue weighted by Gasteiger charge is -2.27. The van der Waals surface area contributed by atoms with Crippen LogP contribution in [-0.4, -0.2) is 4.98 Å². The van der Waals surface area contributed by atoms with Crippen molar-refractivity contribution in [2.24, 2.45) is 0 Å². The van der Waals surface area contributed by atoms with E-state index in [0.717, 1.165) is 39.1 Å². The molecule has 1 aliphatic rings. The minimum Gasteiger partial charge on any atom is -0.456 e. The summed E-state index contributed by atoms with van der Waals surface area (Å²) in [5.74, 6) is 0.931. The highest BCUT2D eigenvalue weighted by Crippen LogP contribution is 2.54. The van der Waals surface area contributed by atoms with Gasteiger partial charge in [-0.25, -0.2) is 4.98 Å². The molecule has 0 aliphatic heterocycles. The Labute approximate surface area is 239 Å². The van der Waals surface area contributed by atoms with Crippen LogP contribution in [0.15, 0.2) is 138 Å². The lowest BCUT2D eigenvalue weighted by atomic mass is 9.82. The third-order valence-corrected chi connectivity index (χ3v) is 8.52. The van der Waals surface area contributed by atoms with E-state index in [1.807, 2.05) is 18.3 Å². The van der Waals surface area contributed by atoms with Gasteiger partial charge < -0.3 is 4.42 Å². The Balaban J connectivity index is 1.36. The summed E-state index contributed by atoms with van der Waals surface area (Å²) in [6.07, 6.45) is 1.95. The second-order valence-corrected chi connectivity index (χ2v) is 11.3. The van der Waals surface area contributed by atoms with Crippen molar-refractivity contribution >= 4 is 39.1 Å². The van der Waals surface area contributed by atoms with Gasteiger partial charge in [-0.2, -0.15) is 0 Å². The van der Waals surface area contributed by atoms with Crippen LogP contribution >= 0.6 is 0 Å². The molecule has 5 aromatic carbocycles. The second kappa shape index (κ2) is 8.94. The third kappa shape index (κ3) is 3.63. The summed E-state index contributed by atoms with van der Waals surface area (Å²) >= 11 is 0. The lowest BCUT2D eigenvalue weighted by molar-refractivity contribution is 0.647. The number of pyridine rings is 1. The molecule has 8 rings (SSSR count). The predicted octanol–water partition coefficient (Wildman–Crippen LogP) is 10.4. The van der Waals surface area contributed by atoms with Crippen molar-refractivity contribution in [2.75, 3.05) is 4.90 Å². The van der Waals surface area contributed by atoms with E-state index in [1.165, 1.54) is 33.4 Å². The highest BCUT2D eigenvalue weighted by atomic mass is 16.3. The fourth-order valence-corrected chi connectivity index (χ4v) is 6.45. The van der Waals surface area contributed by atoms with E-state index < -0.39 is 0 Å². The van der Waals surface area contributed by atoms with Gasteiger partial charge in [0.15, 0.2) is 0 Å². The van der Waals surface area contributed by atoms with Gasteiger partial charge in [-0.15, -0.1) is 0 Å². The number of furan rings is 1. The first-order valence-electron chi connectivity index (χ1n) is 14.1. The predicted molar refractivity (Wildman–Crippen MR) is 169 cm³/mol. The minimum atomic E-state index is -0.199. The van der Waals surface area contributed by atoms with Gasteiger partial charge in [-0.3, -0.25) is 4.90 Å². The van der Waals surface area contributed by atoms with Crippen LogP contribution in [0.3, 0.4) is 0 Å². The van der Waals surface area contributed by atoms with Gasteiger partial charge in [0.2, 0.25) is 0 Å². The maximum atomic E-state index is 6.31. The molecule has 41 heavy (non-hydrogen) atoms. The van der Waals surface area contributed by atoms with E-state index in [4.69, 9.17) is 9.40 Å². The molecule has 0 amide bonds. The summed E-state index contributed by atoms with van der Waals surface area (Å²) in [5.41, 5.74) is 11.1. The molecule has 0 N–H and O–H groups in total. The molecule has 0 atom stereocenters. The molecule has 0 fully saturated rings. The van der Waals surface area contributed by atoms with Gasteiger partial charge in [-0.05, 0) is 76.3 Å². The lowest BCUT2D eigenvalue weighted by Crippen LogP contribution is -2.16. The largest absolute Gasteiger partial charge is 0.456 e. The van der Waals surface area contributed by atoms with Gasteiger partial charge in [-0.1, -0.05) is 92.7 Å². The van der Waals surface area contributed by atoms with Crippen molar-refractivity contribution in [1.29, 1.82) is 0 Å². The van der Waals surface area contributed by atoms with Crippen LogP contribution in [0.4, 0.5) is 17.2 Å². The second-order valence-electron chi connectivity index (χ2n) is 11.3. The van der Waals surface area contributed by atoms with Crippen molar-refractivity contribution in [3.05, 3.63) is 145 Å². The monoisotopic (exact) mass is 528 g/mol. The number of benzene rings is 5. The van der Waals surface area contributed by atoms with E-state index in [0.29, 0.717) is 0 Å². The number of anilines is 3. The molecule has 7 aromatic rings. The van der Waals surface area contributed by atoms with Crippen LogP contribution in [0.1, 0.15) is 25.0 Å². The van der Waals surface area contributed by atoms with Gasteiger partial charge in [0, 0.05) is 39.3 Å². The summed E-state index contributed by atoms with van der Waals surface area (Å²) in [5, 5.41) is 2.27. The normalized spacial score (nSPS) is 13.3. The molecule has 0 spiro atoms. The summed E-state index contributed by atoms with van der Waals surface area (Å²) in [6.45, 7) is 4.61. The molecule has 0 saturated carbocycles. The number of rotatable bonds is 4. The maximum absolute atomic E-state index is 6.31. The number of para-hydroxylation sites is 2. The number of hydrogen-bond donors (Lipinski definition) is 0. The highest BCUT2D eigenvalue weighted by molar-refractivity contribution is 6.08. The molecule has 0 bridgehead atoms. The van der Waals surface area contributed by atoms with E-state index in [9.17, 15) is 0 Å². The Hall–Kier alpha value is -5.15. The quantitative estimate of drug-likeness (QED) is 0.228. The zero-order valence-corrected chi connectivity index (χ0v) is 23.0.